The first kappa shape index (κ1) is 16.4. The van der Waals surface area contributed by atoms with E-state index in [2.05, 4.69) is 10.2 Å². The lowest BCUT2D eigenvalue weighted by atomic mass is 10.2. The molecule has 6 nitrogen and oxygen atoms in total. The van der Waals surface area contributed by atoms with Gasteiger partial charge < -0.3 is 9.47 Å². The number of esters is 2. The molecule has 0 spiro atoms. The maximum Gasteiger partial charge on any atom is 0.359 e. The van der Waals surface area contributed by atoms with Gasteiger partial charge in [-0.25, -0.2) is 9.59 Å². The second kappa shape index (κ2) is 7.92. The van der Waals surface area contributed by atoms with Crippen LogP contribution in [0.2, 0.25) is 0 Å². The molecule has 2 aromatic carbocycles. The van der Waals surface area contributed by atoms with E-state index < -0.39 is 11.9 Å². The van der Waals surface area contributed by atoms with Crippen LogP contribution in [0.5, 0.6) is 0 Å². The number of aromatic amines is 1. The quantitative estimate of drug-likeness (QED) is 0.700. The Balaban J connectivity index is 1.54. The van der Waals surface area contributed by atoms with E-state index in [-0.39, 0.29) is 24.6 Å². The molecule has 1 heterocycles. The van der Waals surface area contributed by atoms with Crippen molar-refractivity contribution in [3.63, 3.8) is 0 Å². The van der Waals surface area contributed by atoms with Gasteiger partial charge in [-0.3, -0.25) is 5.10 Å². The van der Waals surface area contributed by atoms with Crippen molar-refractivity contribution in [3.8, 4) is 0 Å². The van der Waals surface area contributed by atoms with Gasteiger partial charge in [-0.05, 0) is 11.1 Å². The van der Waals surface area contributed by atoms with E-state index in [1.54, 1.807) is 0 Å². The summed E-state index contributed by atoms with van der Waals surface area (Å²) in [5.74, 6) is -1.19. The average molecular weight is 336 g/mol. The summed E-state index contributed by atoms with van der Waals surface area (Å²) in [6, 6.07) is 19.9. The number of nitrogens with one attached hydrogen (secondary N) is 1. The molecule has 0 radical (unpaired) electrons. The summed E-state index contributed by atoms with van der Waals surface area (Å²) >= 11 is 0. The lowest BCUT2D eigenvalue weighted by molar-refractivity contribution is 0.0460. The Bertz CT molecular complexity index is 774. The Morgan fingerprint density at radius 3 is 1.88 bits per heavy atom. The van der Waals surface area contributed by atoms with Crippen molar-refractivity contribution >= 4 is 11.9 Å². The van der Waals surface area contributed by atoms with Gasteiger partial charge in [-0.2, -0.15) is 5.10 Å². The molecule has 3 rings (SSSR count). The second-order valence-corrected chi connectivity index (χ2v) is 5.29. The molecule has 0 bridgehead atoms. The van der Waals surface area contributed by atoms with Gasteiger partial charge in [-0.15, -0.1) is 0 Å². The van der Waals surface area contributed by atoms with Crippen molar-refractivity contribution in [1.29, 1.82) is 0 Å². The monoisotopic (exact) mass is 336 g/mol. The third-order valence-corrected chi connectivity index (χ3v) is 3.43. The van der Waals surface area contributed by atoms with Crippen molar-refractivity contribution in [2.24, 2.45) is 0 Å². The van der Waals surface area contributed by atoms with Crippen molar-refractivity contribution < 1.29 is 19.1 Å². The van der Waals surface area contributed by atoms with Crippen LogP contribution in [0.4, 0.5) is 0 Å². The molecule has 0 aliphatic heterocycles. The molecular formula is C19H16N2O4. The van der Waals surface area contributed by atoms with E-state index in [0.29, 0.717) is 0 Å². The zero-order valence-electron chi connectivity index (χ0n) is 13.3. The van der Waals surface area contributed by atoms with E-state index >= 15 is 0 Å². The molecule has 0 unspecified atom stereocenters. The maximum absolute atomic E-state index is 12.0. The van der Waals surface area contributed by atoms with Gasteiger partial charge in [0.05, 0.1) is 0 Å². The highest BCUT2D eigenvalue weighted by atomic mass is 16.5. The summed E-state index contributed by atoms with van der Waals surface area (Å²) in [5.41, 5.74) is 1.87. The lowest BCUT2D eigenvalue weighted by Gasteiger charge is -2.03. The topological polar surface area (TPSA) is 81.3 Å². The second-order valence-electron chi connectivity index (χ2n) is 5.29. The molecule has 0 saturated carbocycles. The molecule has 0 aliphatic rings. The number of nitrogens with zero attached hydrogens (tertiary/aromatic N) is 1. The number of ether oxygens (including phenoxy) is 2. The first-order valence-corrected chi connectivity index (χ1v) is 7.70. The highest BCUT2D eigenvalue weighted by Crippen LogP contribution is 2.08. The van der Waals surface area contributed by atoms with E-state index in [4.69, 9.17) is 9.47 Å². The fraction of sp³-hybridized carbons (Fsp3) is 0.105. The van der Waals surface area contributed by atoms with Crippen LogP contribution in [0.3, 0.4) is 0 Å². The Morgan fingerprint density at radius 1 is 0.800 bits per heavy atom. The molecule has 25 heavy (non-hydrogen) atoms. The number of H-pyrrole nitrogens is 1. The number of hydrogen-bond donors (Lipinski definition) is 1. The molecule has 0 fully saturated rings. The molecule has 0 aliphatic carbocycles. The number of rotatable bonds is 6. The fourth-order valence-corrected chi connectivity index (χ4v) is 2.13. The molecule has 0 atom stereocenters. The molecule has 6 heteroatoms. The van der Waals surface area contributed by atoms with E-state index in [1.165, 1.54) is 6.07 Å². The van der Waals surface area contributed by atoms with Crippen LogP contribution in [0, 0.1) is 0 Å². The largest absolute Gasteiger partial charge is 0.456 e. The minimum absolute atomic E-state index is 0.0302. The Labute approximate surface area is 144 Å². The summed E-state index contributed by atoms with van der Waals surface area (Å²) in [6.07, 6.45) is 0. The summed E-state index contributed by atoms with van der Waals surface area (Å²) in [6.45, 7) is 0.285. The third-order valence-electron chi connectivity index (χ3n) is 3.43. The van der Waals surface area contributed by atoms with Crippen LogP contribution < -0.4 is 0 Å². The highest BCUT2D eigenvalue weighted by molar-refractivity contribution is 5.92. The maximum atomic E-state index is 12.0. The molecule has 1 N–H and O–H groups in total. The van der Waals surface area contributed by atoms with E-state index in [0.717, 1.165) is 11.1 Å². The highest BCUT2D eigenvalue weighted by Gasteiger charge is 2.17. The fourth-order valence-electron chi connectivity index (χ4n) is 2.13. The summed E-state index contributed by atoms with van der Waals surface area (Å²) in [7, 11) is 0. The molecule has 126 valence electrons. The van der Waals surface area contributed by atoms with Crippen LogP contribution in [0.25, 0.3) is 0 Å². The van der Waals surface area contributed by atoms with Gasteiger partial charge in [0, 0.05) is 6.07 Å². The van der Waals surface area contributed by atoms with Gasteiger partial charge >= 0.3 is 11.9 Å². The van der Waals surface area contributed by atoms with E-state index in [1.807, 2.05) is 60.7 Å². The molecule has 1 aromatic heterocycles. The molecule has 3 aromatic rings. The normalized spacial score (nSPS) is 10.2. The Morgan fingerprint density at radius 2 is 1.32 bits per heavy atom. The Hall–Kier alpha value is -3.41. The molecule has 0 saturated heterocycles. The zero-order chi connectivity index (χ0) is 17.5. The first-order chi connectivity index (χ1) is 12.2. The first-order valence-electron chi connectivity index (χ1n) is 7.70. The third kappa shape index (κ3) is 4.54. The summed E-state index contributed by atoms with van der Waals surface area (Å²) in [5, 5.41) is 6.30. The number of benzene rings is 2. The van der Waals surface area contributed by atoms with Crippen molar-refractivity contribution in [2.75, 3.05) is 0 Å². The van der Waals surface area contributed by atoms with Crippen LogP contribution in [0.15, 0.2) is 66.7 Å². The number of hydrogen-bond acceptors (Lipinski definition) is 5. The zero-order valence-corrected chi connectivity index (χ0v) is 13.3. The van der Waals surface area contributed by atoms with Gasteiger partial charge in [0.15, 0.2) is 5.69 Å². The summed E-state index contributed by atoms with van der Waals surface area (Å²) < 4.78 is 10.3. The van der Waals surface area contributed by atoms with Crippen LogP contribution in [-0.2, 0) is 22.7 Å². The predicted octanol–water partition coefficient (Wildman–Crippen LogP) is 3.12. The minimum Gasteiger partial charge on any atom is -0.456 e. The minimum atomic E-state index is -0.609. The number of aromatic nitrogens is 2. The van der Waals surface area contributed by atoms with Crippen molar-refractivity contribution in [2.45, 2.75) is 13.2 Å². The van der Waals surface area contributed by atoms with Crippen molar-refractivity contribution in [1.82, 2.24) is 10.2 Å². The average Bonchev–Trinajstić information content (AvgIpc) is 3.16. The SMILES string of the molecule is O=C(OCc1ccccc1)c1cc(C(=O)OCc2ccccc2)[nH]n1. The van der Waals surface area contributed by atoms with Crippen LogP contribution >= 0.6 is 0 Å². The predicted molar refractivity (Wildman–Crippen MR) is 89.7 cm³/mol. The van der Waals surface area contributed by atoms with Gasteiger partial charge in [0.25, 0.3) is 0 Å². The number of carbonyl (C=O) groups is 2. The van der Waals surface area contributed by atoms with Gasteiger partial charge in [0.2, 0.25) is 0 Å². The van der Waals surface area contributed by atoms with E-state index in [9.17, 15) is 9.59 Å². The van der Waals surface area contributed by atoms with Crippen molar-refractivity contribution in [3.05, 3.63) is 89.2 Å². The molecular weight excluding hydrogens is 320 g/mol. The standard InChI is InChI=1S/C19H16N2O4/c22-18(24-12-14-7-3-1-4-8-14)16-11-17(21-20-16)19(23)25-13-15-9-5-2-6-10-15/h1-11H,12-13H2,(H,20,21). The smallest absolute Gasteiger partial charge is 0.359 e. The van der Waals surface area contributed by atoms with Crippen LogP contribution in [-0.4, -0.2) is 22.1 Å². The van der Waals surface area contributed by atoms with Gasteiger partial charge in [-0.1, -0.05) is 60.7 Å². The lowest BCUT2D eigenvalue weighted by Crippen LogP contribution is -2.06. The molecule has 0 amide bonds. The van der Waals surface area contributed by atoms with Gasteiger partial charge in [0.1, 0.15) is 18.9 Å². The van der Waals surface area contributed by atoms with Crippen LogP contribution in [0.1, 0.15) is 32.1 Å². The number of carbonyl (C=O) groups excluding carboxylic acids is 2. The Kier molecular flexibility index (Phi) is 5.21. The summed E-state index contributed by atoms with van der Waals surface area (Å²) in [4.78, 5) is 24.0.